The van der Waals surface area contributed by atoms with E-state index in [1.165, 1.54) is 0 Å². The second-order valence-electron chi connectivity index (χ2n) is 5.14. The SMILES string of the molecule is Cc1ccc([S@](=O)[C@H]2CC[C@H](C)[C@@H](F)[C@H]2O)cc1. The predicted molar refractivity (Wildman–Crippen MR) is 70.7 cm³/mol. The van der Waals surface area contributed by atoms with E-state index < -0.39 is 28.3 Å². The molecular weight excluding hydrogens is 251 g/mol. The fourth-order valence-electron chi connectivity index (χ4n) is 2.38. The highest BCUT2D eigenvalue weighted by atomic mass is 32.2. The zero-order chi connectivity index (χ0) is 13.3. The molecule has 0 saturated heterocycles. The highest BCUT2D eigenvalue weighted by Crippen LogP contribution is 2.32. The minimum absolute atomic E-state index is 0.147. The van der Waals surface area contributed by atoms with Gasteiger partial charge in [0.05, 0.1) is 16.0 Å². The third-order valence-corrected chi connectivity index (χ3v) is 5.49. The molecule has 0 amide bonds. The van der Waals surface area contributed by atoms with Gasteiger partial charge in [-0.15, -0.1) is 0 Å². The third kappa shape index (κ3) is 2.64. The molecular formula is C14H19FO2S. The number of hydrogen-bond acceptors (Lipinski definition) is 2. The topological polar surface area (TPSA) is 37.3 Å². The van der Waals surface area contributed by atoms with Gasteiger partial charge < -0.3 is 5.11 Å². The van der Waals surface area contributed by atoms with E-state index in [2.05, 4.69) is 0 Å². The van der Waals surface area contributed by atoms with Crippen LogP contribution in [0.2, 0.25) is 0 Å². The molecule has 1 aromatic carbocycles. The molecule has 0 bridgehead atoms. The number of rotatable bonds is 2. The molecule has 4 heteroatoms. The molecule has 0 spiro atoms. The summed E-state index contributed by atoms with van der Waals surface area (Å²) in [4.78, 5) is 0.673. The molecule has 0 heterocycles. The Hall–Kier alpha value is -0.740. The molecule has 5 atom stereocenters. The molecule has 0 aromatic heterocycles. The van der Waals surface area contributed by atoms with Gasteiger partial charge >= 0.3 is 0 Å². The van der Waals surface area contributed by atoms with E-state index in [9.17, 15) is 13.7 Å². The van der Waals surface area contributed by atoms with E-state index >= 15 is 0 Å². The van der Waals surface area contributed by atoms with Gasteiger partial charge in [-0.25, -0.2) is 4.39 Å². The summed E-state index contributed by atoms with van der Waals surface area (Å²) in [5.41, 5.74) is 1.09. The van der Waals surface area contributed by atoms with Crippen molar-refractivity contribution in [1.29, 1.82) is 0 Å². The fourth-order valence-corrected chi connectivity index (χ4v) is 3.89. The summed E-state index contributed by atoms with van der Waals surface area (Å²) in [6.45, 7) is 3.75. The van der Waals surface area contributed by atoms with Crippen molar-refractivity contribution in [2.45, 2.75) is 49.1 Å². The highest BCUT2D eigenvalue weighted by Gasteiger charge is 2.39. The molecule has 0 radical (unpaired) electrons. The zero-order valence-corrected chi connectivity index (χ0v) is 11.5. The van der Waals surface area contributed by atoms with Crippen molar-refractivity contribution in [2.75, 3.05) is 0 Å². The van der Waals surface area contributed by atoms with Crippen molar-refractivity contribution in [2.24, 2.45) is 5.92 Å². The lowest BCUT2D eigenvalue weighted by atomic mass is 9.86. The molecule has 1 aliphatic carbocycles. The minimum atomic E-state index is -1.33. The van der Waals surface area contributed by atoms with Crippen LogP contribution in [0.25, 0.3) is 0 Å². The van der Waals surface area contributed by atoms with E-state index in [-0.39, 0.29) is 5.92 Å². The van der Waals surface area contributed by atoms with Crippen molar-refractivity contribution in [3.05, 3.63) is 29.8 Å². The van der Waals surface area contributed by atoms with Gasteiger partial charge in [0, 0.05) is 4.90 Å². The summed E-state index contributed by atoms with van der Waals surface area (Å²) >= 11 is 0. The van der Waals surface area contributed by atoms with Crippen LogP contribution in [0, 0.1) is 12.8 Å². The van der Waals surface area contributed by atoms with Gasteiger partial charge in [-0.1, -0.05) is 24.6 Å². The minimum Gasteiger partial charge on any atom is -0.389 e. The Balaban J connectivity index is 2.16. The van der Waals surface area contributed by atoms with Gasteiger partial charge in [0.2, 0.25) is 0 Å². The first-order valence-corrected chi connectivity index (χ1v) is 7.51. The summed E-state index contributed by atoms with van der Waals surface area (Å²) < 4.78 is 26.1. The van der Waals surface area contributed by atoms with Crippen molar-refractivity contribution in [1.82, 2.24) is 0 Å². The van der Waals surface area contributed by atoms with Crippen LogP contribution in [-0.2, 0) is 10.8 Å². The molecule has 2 rings (SSSR count). The van der Waals surface area contributed by atoms with Gasteiger partial charge in [0.15, 0.2) is 0 Å². The van der Waals surface area contributed by atoms with Crippen LogP contribution in [0.15, 0.2) is 29.2 Å². The standard InChI is InChI=1S/C14H19FO2S/c1-9-3-6-11(7-4-9)18(17)12-8-5-10(2)13(15)14(12)16/h3-4,6-7,10,12-14,16H,5,8H2,1-2H3/t10-,12-,13+,14-,18-/m0/s1. The molecule has 0 unspecified atom stereocenters. The first-order valence-electron chi connectivity index (χ1n) is 6.30. The van der Waals surface area contributed by atoms with Crippen LogP contribution in [-0.4, -0.2) is 26.8 Å². The van der Waals surface area contributed by atoms with E-state index in [0.29, 0.717) is 17.7 Å². The Morgan fingerprint density at radius 1 is 1.28 bits per heavy atom. The number of aliphatic hydroxyl groups is 1. The smallest absolute Gasteiger partial charge is 0.130 e. The van der Waals surface area contributed by atoms with Crippen LogP contribution >= 0.6 is 0 Å². The number of hydrogen-bond donors (Lipinski definition) is 1. The van der Waals surface area contributed by atoms with Crippen LogP contribution < -0.4 is 0 Å². The predicted octanol–water partition coefficient (Wildman–Crippen LogP) is 2.60. The van der Waals surface area contributed by atoms with Crippen LogP contribution in [0.3, 0.4) is 0 Å². The normalized spacial score (nSPS) is 34.2. The molecule has 0 aliphatic heterocycles. The maximum atomic E-state index is 13.8. The lowest BCUT2D eigenvalue weighted by Gasteiger charge is -2.33. The average molecular weight is 270 g/mol. The van der Waals surface area contributed by atoms with Crippen LogP contribution in [0.1, 0.15) is 25.3 Å². The van der Waals surface area contributed by atoms with Gasteiger partial charge in [-0.3, -0.25) is 4.21 Å². The lowest BCUT2D eigenvalue weighted by Crippen LogP contribution is -2.45. The Bertz CT molecular complexity index is 432. The van der Waals surface area contributed by atoms with Crippen molar-refractivity contribution < 1.29 is 13.7 Å². The Morgan fingerprint density at radius 3 is 2.50 bits per heavy atom. The summed E-state index contributed by atoms with van der Waals surface area (Å²) in [6.07, 6.45) is -1.09. The van der Waals surface area contributed by atoms with E-state index in [1.807, 2.05) is 19.1 Å². The molecule has 1 fully saturated rings. The second kappa shape index (κ2) is 5.49. The molecule has 1 saturated carbocycles. The van der Waals surface area contributed by atoms with E-state index in [0.717, 1.165) is 5.56 Å². The maximum Gasteiger partial charge on any atom is 0.130 e. The van der Waals surface area contributed by atoms with Crippen molar-refractivity contribution >= 4 is 10.8 Å². The summed E-state index contributed by atoms with van der Waals surface area (Å²) in [7, 11) is -1.33. The van der Waals surface area contributed by atoms with Gasteiger partial charge in [-0.2, -0.15) is 0 Å². The number of halogens is 1. The summed E-state index contributed by atoms with van der Waals surface area (Å²) in [5, 5.41) is 9.44. The maximum absolute atomic E-state index is 13.8. The Labute approximate surface area is 110 Å². The van der Waals surface area contributed by atoms with Gasteiger partial charge in [0.25, 0.3) is 0 Å². The van der Waals surface area contributed by atoms with Crippen molar-refractivity contribution in [3.8, 4) is 0 Å². The lowest BCUT2D eigenvalue weighted by molar-refractivity contribution is 0.0173. The van der Waals surface area contributed by atoms with E-state index in [1.54, 1.807) is 19.1 Å². The zero-order valence-electron chi connectivity index (χ0n) is 10.7. The monoisotopic (exact) mass is 270 g/mol. The average Bonchev–Trinajstić information content (AvgIpc) is 2.36. The molecule has 1 aliphatic rings. The molecule has 2 nitrogen and oxygen atoms in total. The first kappa shape index (κ1) is 13.7. The molecule has 100 valence electrons. The summed E-state index contributed by atoms with van der Waals surface area (Å²) in [5.74, 6) is -0.147. The Kier molecular flexibility index (Phi) is 4.17. The fraction of sp³-hybridized carbons (Fsp3) is 0.571. The number of alkyl halides is 1. The number of aryl methyl sites for hydroxylation is 1. The molecule has 18 heavy (non-hydrogen) atoms. The first-order chi connectivity index (χ1) is 8.50. The van der Waals surface area contributed by atoms with Crippen LogP contribution in [0.5, 0.6) is 0 Å². The molecule has 1 aromatic rings. The second-order valence-corrected chi connectivity index (χ2v) is 6.81. The quantitative estimate of drug-likeness (QED) is 0.897. The van der Waals surface area contributed by atoms with Crippen LogP contribution in [0.4, 0.5) is 4.39 Å². The number of aliphatic hydroxyl groups excluding tert-OH is 1. The largest absolute Gasteiger partial charge is 0.389 e. The number of benzene rings is 1. The third-order valence-electron chi connectivity index (χ3n) is 3.69. The van der Waals surface area contributed by atoms with Gasteiger partial charge in [0.1, 0.15) is 12.3 Å². The summed E-state index contributed by atoms with van der Waals surface area (Å²) in [6, 6.07) is 7.36. The van der Waals surface area contributed by atoms with Gasteiger partial charge in [-0.05, 0) is 37.8 Å². The highest BCUT2D eigenvalue weighted by molar-refractivity contribution is 7.85. The van der Waals surface area contributed by atoms with E-state index in [4.69, 9.17) is 0 Å². The molecule has 1 N–H and O–H groups in total. The van der Waals surface area contributed by atoms with Crippen molar-refractivity contribution in [3.63, 3.8) is 0 Å². The Morgan fingerprint density at radius 2 is 1.89 bits per heavy atom.